The second-order valence-electron chi connectivity index (χ2n) is 11.0. The smallest absolute Gasteiger partial charge is 0.0204 e. The maximum absolute atomic E-state index is 3.62. The predicted octanol–water partition coefficient (Wildman–Crippen LogP) is 9.94. The first-order valence-electron chi connectivity index (χ1n) is 13.0. The third kappa shape index (κ3) is 3.99. The highest BCUT2D eigenvalue weighted by Crippen LogP contribution is 2.58. The fourth-order valence-corrected chi connectivity index (χ4v) is 7.08. The quantitative estimate of drug-likeness (QED) is 0.251. The fourth-order valence-electron chi connectivity index (χ4n) is 6.84. The van der Waals surface area contributed by atoms with E-state index in [0.717, 1.165) is 4.47 Å². The van der Waals surface area contributed by atoms with Gasteiger partial charge in [-0.3, -0.25) is 0 Å². The molecule has 3 aliphatic carbocycles. The van der Waals surface area contributed by atoms with Gasteiger partial charge in [-0.15, -0.1) is 0 Å². The molecule has 3 aliphatic rings. The summed E-state index contributed by atoms with van der Waals surface area (Å²) < 4.78 is 1.16. The minimum atomic E-state index is 0.382. The standard InChI is InChI=1S/C34H33Br/c1-24-22-27(28-11-15-32(35)25(2)23-28)10-14-31(24)26-8-12-30(13-9-26)34-19-16-33(17-20-34,18-21-34)29-6-4-3-5-7-29/h3-15,22-23H,16-21H2,1-2H3. The third-order valence-corrected chi connectivity index (χ3v) is 10.0. The molecule has 0 aromatic heterocycles. The average Bonchev–Trinajstić information content (AvgIpc) is 2.92. The van der Waals surface area contributed by atoms with E-state index in [1.54, 1.807) is 11.1 Å². The summed E-state index contributed by atoms with van der Waals surface area (Å²) in [7, 11) is 0. The maximum Gasteiger partial charge on any atom is 0.0204 e. The van der Waals surface area contributed by atoms with Gasteiger partial charge in [0.05, 0.1) is 0 Å². The van der Waals surface area contributed by atoms with Crippen molar-refractivity contribution in [3.05, 3.63) is 118 Å². The minimum Gasteiger partial charge on any atom is -0.0622 e. The summed E-state index contributed by atoms with van der Waals surface area (Å²) in [6.07, 6.45) is 7.95. The van der Waals surface area contributed by atoms with Crippen LogP contribution in [0.1, 0.15) is 60.8 Å². The molecule has 0 saturated heterocycles. The Labute approximate surface area is 218 Å². The molecule has 0 nitrogen and oxygen atoms in total. The number of fused-ring (bicyclic) bond motifs is 3. The molecule has 0 N–H and O–H groups in total. The van der Waals surface area contributed by atoms with Crippen molar-refractivity contribution < 1.29 is 0 Å². The Morgan fingerprint density at radius 1 is 0.514 bits per heavy atom. The van der Waals surface area contributed by atoms with Crippen LogP contribution in [-0.4, -0.2) is 0 Å². The summed E-state index contributed by atoms with van der Waals surface area (Å²) in [5.41, 5.74) is 11.8. The molecule has 35 heavy (non-hydrogen) atoms. The Bertz CT molecular complexity index is 1340. The van der Waals surface area contributed by atoms with Gasteiger partial charge in [0.25, 0.3) is 0 Å². The largest absolute Gasteiger partial charge is 0.0622 e. The fraction of sp³-hybridized carbons (Fsp3) is 0.294. The Balaban J connectivity index is 1.22. The van der Waals surface area contributed by atoms with Gasteiger partial charge >= 0.3 is 0 Å². The first kappa shape index (κ1) is 22.8. The minimum absolute atomic E-state index is 0.382. The van der Waals surface area contributed by atoms with Gasteiger partial charge in [0.2, 0.25) is 0 Å². The highest BCUT2D eigenvalue weighted by atomic mass is 79.9. The van der Waals surface area contributed by atoms with Gasteiger partial charge in [0.1, 0.15) is 0 Å². The zero-order chi connectivity index (χ0) is 24.0. The zero-order valence-electron chi connectivity index (χ0n) is 20.8. The first-order chi connectivity index (χ1) is 17.0. The molecular weight excluding hydrogens is 488 g/mol. The summed E-state index contributed by atoms with van der Waals surface area (Å²) in [5.74, 6) is 0. The van der Waals surface area contributed by atoms with Gasteiger partial charge in [-0.1, -0.05) is 101 Å². The first-order valence-corrected chi connectivity index (χ1v) is 13.8. The van der Waals surface area contributed by atoms with Crippen molar-refractivity contribution in [1.29, 1.82) is 0 Å². The van der Waals surface area contributed by atoms with Crippen molar-refractivity contribution in [2.75, 3.05) is 0 Å². The van der Waals surface area contributed by atoms with Gasteiger partial charge in [0, 0.05) is 4.47 Å². The number of hydrogen-bond acceptors (Lipinski definition) is 0. The second kappa shape index (κ2) is 8.79. The number of benzene rings is 4. The van der Waals surface area contributed by atoms with Crippen LogP contribution in [-0.2, 0) is 10.8 Å². The lowest BCUT2D eigenvalue weighted by molar-refractivity contribution is 0.102. The van der Waals surface area contributed by atoms with E-state index < -0.39 is 0 Å². The molecule has 4 aromatic rings. The Hall–Kier alpha value is -2.64. The van der Waals surface area contributed by atoms with E-state index in [1.165, 1.54) is 71.9 Å². The van der Waals surface area contributed by atoms with Crippen LogP contribution in [0.25, 0.3) is 22.3 Å². The van der Waals surface area contributed by atoms with E-state index in [2.05, 4.69) is 121 Å². The molecule has 0 amide bonds. The molecule has 0 heterocycles. The van der Waals surface area contributed by atoms with Crippen LogP contribution in [0.4, 0.5) is 0 Å². The van der Waals surface area contributed by atoms with Crippen LogP contribution in [0.2, 0.25) is 0 Å². The molecule has 176 valence electrons. The van der Waals surface area contributed by atoms with Crippen LogP contribution in [0.3, 0.4) is 0 Å². The van der Waals surface area contributed by atoms with Crippen molar-refractivity contribution in [1.82, 2.24) is 0 Å². The number of rotatable bonds is 4. The maximum atomic E-state index is 3.62. The Morgan fingerprint density at radius 2 is 1.00 bits per heavy atom. The summed E-state index contributed by atoms with van der Waals surface area (Å²) in [5, 5.41) is 0. The summed E-state index contributed by atoms with van der Waals surface area (Å²) in [6, 6.07) is 34.4. The lowest BCUT2D eigenvalue weighted by atomic mass is 9.50. The van der Waals surface area contributed by atoms with Gasteiger partial charge in [0.15, 0.2) is 0 Å². The molecule has 0 spiro atoms. The summed E-state index contributed by atoms with van der Waals surface area (Å²) in [4.78, 5) is 0. The van der Waals surface area contributed by atoms with E-state index in [1.807, 2.05) is 0 Å². The SMILES string of the molecule is Cc1cc(-c2ccc(-c3ccc(C45CCC(c6ccccc6)(CC4)CC5)cc3)c(C)c2)ccc1Br. The van der Waals surface area contributed by atoms with Crippen molar-refractivity contribution in [2.24, 2.45) is 0 Å². The number of aryl methyl sites for hydroxylation is 2. The van der Waals surface area contributed by atoms with E-state index in [4.69, 9.17) is 0 Å². The van der Waals surface area contributed by atoms with Crippen molar-refractivity contribution in [2.45, 2.75) is 63.2 Å². The highest BCUT2D eigenvalue weighted by molar-refractivity contribution is 9.10. The topological polar surface area (TPSA) is 0 Å². The number of halogens is 1. The van der Waals surface area contributed by atoms with Crippen LogP contribution >= 0.6 is 15.9 Å². The van der Waals surface area contributed by atoms with E-state index in [0.29, 0.717) is 10.8 Å². The van der Waals surface area contributed by atoms with E-state index in [9.17, 15) is 0 Å². The molecule has 1 heteroatoms. The molecule has 4 aromatic carbocycles. The van der Waals surface area contributed by atoms with Crippen molar-refractivity contribution in [3.63, 3.8) is 0 Å². The average molecular weight is 522 g/mol. The van der Waals surface area contributed by atoms with Crippen molar-refractivity contribution in [3.8, 4) is 22.3 Å². The molecule has 2 bridgehead atoms. The van der Waals surface area contributed by atoms with Crippen LogP contribution in [0, 0.1) is 13.8 Å². The van der Waals surface area contributed by atoms with Crippen LogP contribution < -0.4 is 0 Å². The molecule has 0 aliphatic heterocycles. The monoisotopic (exact) mass is 520 g/mol. The third-order valence-electron chi connectivity index (χ3n) is 9.16. The molecule has 3 fully saturated rings. The molecule has 0 atom stereocenters. The van der Waals surface area contributed by atoms with Gasteiger partial charge in [-0.25, -0.2) is 0 Å². The van der Waals surface area contributed by atoms with Crippen LogP contribution in [0.15, 0.2) is 95.5 Å². The molecule has 3 saturated carbocycles. The normalized spacial score (nSPS) is 23.4. The van der Waals surface area contributed by atoms with Gasteiger partial charge in [-0.2, -0.15) is 0 Å². The summed E-state index contributed by atoms with van der Waals surface area (Å²) in [6.45, 7) is 4.39. The van der Waals surface area contributed by atoms with E-state index in [-0.39, 0.29) is 0 Å². The molecule has 0 radical (unpaired) electrons. The number of hydrogen-bond donors (Lipinski definition) is 0. The molecular formula is C34H33Br. The zero-order valence-corrected chi connectivity index (χ0v) is 22.4. The Kier molecular flexibility index (Phi) is 5.72. The second-order valence-corrected chi connectivity index (χ2v) is 11.9. The Morgan fingerprint density at radius 3 is 1.54 bits per heavy atom. The van der Waals surface area contributed by atoms with Crippen LogP contribution in [0.5, 0.6) is 0 Å². The van der Waals surface area contributed by atoms with Crippen molar-refractivity contribution >= 4 is 15.9 Å². The summed E-state index contributed by atoms with van der Waals surface area (Å²) >= 11 is 3.62. The lowest BCUT2D eigenvalue weighted by Gasteiger charge is -2.54. The highest BCUT2D eigenvalue weighted by Gasteiger charge is 2.49. The molecule has 0 unspecified atom stereocenters. The lowest BCUT2D eigenvalue weighted by Crippen LogP contribution is -2.46. The van der Waals surface area contributed by atoms with Gasteiger partial charge < -0.3 is 0 Å². The predicted molar refractivity (Wildman–Crippen MR) is 152 cm³/mol. The molecule has 7 rings (SSSR count). The van der Waals surface area contributed by atoms with Gasteiger partial charge in [-0.05, 0) is 114 Å². The van der Waals surface area contributed by atoms with E-state index >= 15 is 0 Å².